The number of aromatic nitrogens is 3. The van der Waals surface area contributed by atoms with Crippen LogP contribution in [0.5, 0.6) is 6.01 Å². The first-order chi connectivity index (χ1) is 15.3. The fourth-order valence-corrected chi connectivity index (χ4v) is 3.42. The zero-order valence-electron chi connectivity index (χ0n) is 20.2. The standard InChI is InChI=1S/C26H35N5O/c1-19(2)9-7-8-18-32-26-27-24(20-10-14-22(15-11-20)30(3)4)25(28-29-26)21-12-16-23(17-13-21)31(5)6/h10-17,19H,7-9,18H2,1-6H3. The van der Waals surface area contributed by atoms with Gasteiger partial charge in [-0.2, -0.15) is 4.98 Å². The molecule has 6 nitrogen and oxygen atoms in total. The number of ether oxygens (including phenoxy) is 1. The van der Waals surface area contributed by atoms with Crippen LogP contribution in [0.2, 0.25) is 0 Å². The van der Waals surface area contributed by atoms with Gasteiger partial charge in [-0.3, -0.25) is 0 Å². The van der Waals surface area contributed by atoms with Crippen molar-refractivity contribution >= 4 is 11.4 Å². The Labute approximate surface area is 192 Å². The molecule has 170 valence electrons. The van der Waals surface area contributed by atoms with Crippen LogP contribution < -0.4 is 14.5 Å². The average molecular weight is 434 g/mol. The number of unbranched alkanes of at least 4 members (excludes halogenated alkanes) is 1. The van der Waals surface area contributed by atoms with E-state index in [1.807, 2.05) is 28.2 Å². The monoisotopic (exact) mass is 433 g/mol. The summed E-state index contributed by atoms with van der Waals surface area (Å²) in [6, 6.07) is 16.9. The molecule has 0 atom stereocenters. The molecule has 0 aliphatic rings. The van der Waals surface area contributed by atoms with E-state index in [1.165, 1.54) is 6.42 Å². The van der Waals surface area contributed by atoms with Gasteiger partial charge in [0.2, 0.25) is 0 Å². The highest BCUT2D eigenvalue weighted by atomic mass is 16.5. The predicted octanol–water partition coefficient (Wildman–Crippen LogP) is 5.54. The number of rotatable bonds is 10. The van der Waals surface area contributed by atoms with Gasteiger partial charge in [0.1, 0.15) is 11.4 Å². The van der Waals surface area contributed by atoms with Crippen LogP contribution in [0.3, 0.4) is 0 Å². The van der Waals surface area contributed by atoms with Crippen LogP contribution in [0.25, 0.3) is 22.5 Å². The van der Waals surface area contributed by atoms with E-state index in [1.54, 1.807) is 0 Å². The third-order valence-electron chi connectivity index (χ3n) is 5.39. The first kappa shape index (κ1) is 23.5. The van der Waals surface area contributed by atoms with Crippen molar-refractivity contribution in [1.82, 2.24) is 15.2 Å². The lowest BCUT2D eigenvalue weighted by Gasteiger charge is -2.15. The van der Waals surface area contributed by atoms with Gasteiger partial charge in [0.25, 0.3) is 0 Å². The number of benzene rings is 2. The Morgan fingerprint density at radius 3 is 1.75 bits per heavy atom. The van der Waals surface area contributed by atoms with E-state index in [2.05, 4.69) is 82.4 Å². The molecule has 0 radical (unpaired) electrons. The van der Waals surface area contributed by atoms with E-state index in [9.17, 15) is 0 Å². The van der Waals surface area contributed by atoms with Gasteiger partial charge in [-0.1, -0.05) is 49.6 Å². The molecule has 0 fully saturated rings. The van der Waals surface area contributed by atoms with Crippen LogP contribution in [0.1, 0.15) is 33.1 Å². The van der Waals surface area contributed by atoms with E-state index in [0.717, 1.165) is 46.7 Å². The van der Waals surface area contributed by atoms with Gasteiger partial charge in [0.15, 0.2) is 0 Å². The molecule has 0 N–H and O–H groups in total. The van der Waals surface area contributed by atoms with Crippen molar-refractivity contribution < 1.29 is 4.74 Å². The summed E-state index contributed by atoms with van der Waals surface area (Å²) >= 11 is 0. The summed E-state index contributed by atoms with van der Waals surface area (Å²) in [6.45, 7) is 5.08. The molecule has 0 saturated carbocycles. The smallest absolute Gasteiger partial charge is 0.336 e. The van der Waals surface area contributed by atoms with Gasteiger partial charge in [-0.15, -0.1) is 5.10 Å². The minimum absolute atomic E-state index is 0.329. The maximum absolute atomic E-state index is 5.85. The molecule has 1 aromatic heterocycles. The Hall–Kier alpha value is -3.15. The first-order valence-electron chi connectivity index (χ1n) is 11.3. The molecule has 0 bridgehead atoms. The molecule has 32 heavy (non-hydrogen) atoms. The van der Waals surface area contributed by atoms with Crippen LogP contribution >= 0.6 is 0 Å². The van der Waals surface area contributed by atoms with Gasteiger partial charge in [0, 0.05) is 50.7 Å². The summed E-state index contributed by atoms with van der Waals surface area (Å²) < 4.78 is 5.85. The molecule has 2 aromatic carbocycles. The Bertz CT molecular complexity index is 982. The number of hydrogen-bond donors (Lipinski definition) is 0. The van der Waals surface area contributed by atoms with Crippen molar-refractivity contribution in [1.29, 1.82) is 0 Å². The van der Waals surface area contributed by atoms with Crippen molar-refractivity contribution in [3.63, 3.8) is 0 Å². The Kier molecular flexibility index (Phi) is 8.03. The van der Waals surface area contributed by atoms with Crippen molar-refractivity contribution in [2.75, 3.05) is 44.6 Å². The van der Waals surface area contributed by atoms with E-state index in [-0.39, 0.29) is 0 Å². The topological polar surface area (TPSA) is 54.4 Å². The molecule has 3 aromatic rings. The zero-order valence-corrected chi connectivity index (χ0v) is 20.2. The van der Waals surface area contributed by atoms with E-state index in [4.69, 9.17) is 9.72 Å². The van der Waals surface area contributed by atoms with Gasteiger partial charge in [-0.25, -0.2) is 0 Å². The van der Waals surface area contributed by atoms with E-state index >= 15 is 0 Å². The molecule has 3 rings (SSSR count). The van der Waals surface area contributed by atoms with Crippen molar-refractivity contribution in [3.05, 3.63) is 48.5 Å². The largest absolute Gasteiger partial charge is 0.462 e. The highest BCUT2D eigenvalue weighted by Crippen LogP contribution is 2.31. The summed E-state index contributed by atoms with van der Waals surface area (Å²) in [7, 11) is 8.12. The third kappa shape index (κ3) is 6.19. The Morgan fingerprint density at radius 1 is 0.719 bits per heavy atom. The number of hydrogen-bond acceptors (Lipinski definition) is 6. The maximum Gasteiger partial charge on any atom is 0.336 e. The van der Waals surface area contributed by atoms with E-state index in [0.29, 0.717) is 18.5 Å². The highest BCUT2D eigenvalue weighted by Gasteiger charge is 2.15. The lowest BCUT2D eigenvalue weighted by molar-refractivity contribution is 0.276. The molecule has 1 heterocycles. The van der Waals surface area contributed by atoms with E-state index < -0.39 is 0 Å². The minimum Gasteiger partial charge on any atom is -0.462 e. The molecule has 0 amide bonds. The summed E-state index contributed by atoms with van der Waals surface area (Å²) in [5.41, 5.74) is 5.76. The summed E-state index contributed by atoms with van der Waals surface area (Å²) in [4.78, 5) is 8.92. The minimum atomic E-state index is 0.329. The van der Waals surface area contributed by atoms with Gasteiger partial charge < -0.3 is 14.5 Å². The quantitative estimate of drug-likeness (QED) is 0.391. The lowest BCUT2D eigenvalue weighted by Crippen LogP contribution is -2.09. The van der Waals surface area contributed by atoms with Crippen LogP contribution in [0.15, 0.2) is 48.5 Å². The van der Waals surface area contributed by atoms with Crippen LogP contribution in [-0.4, -0.2) is 50.0 Å². The molecule has 0 saturated heterocycles. The zero-order chi connectivity index (χ0) is 23.1. The molecule has 6 heteroatoms. The molecule has 0 unspecified atom stereocenters. The van der Waals surface area contributed by atoms with Gasteiger partial charge in [0.05, 0.1) is 6.61 Å². The van der Waals surface area contributed by atoms with Crippen molar-refractivity contribution in [2.45, 2.75) is 33.1 Å². The van der Waals surface area contributed by atoms with Gasteiger partial charge in [-0.05, 0) is 43.0 Å². The summed E-state index contributed by atoms with van der Waals surface area (Å²) in [5, 5.41) is 8.80. The van der Waals surface area contributed by atoms with Crippen molar-refractivity contribution in [3.8, 4) is 28.5 Å². The molecule has 0 aliphatic carbocycles. The van der Waals surface area contributed by atoms with Crippen molar-refractivity contribution in [2.24, 2.45) is 5.92 Å². The normalized spacial score (nSPS) is 11.0. The second kappa shape index (κ2) is 10.9. The SMILES string of the molecule is CC(C)CCCCOc1nnc(-c2ccc(N(C)C)cc2)c(-c2ccc(N(C)C)cc2)n1. The summed E-state index contributed by atoms with van der Waals surface area (Å²) in [5.74, 6) is 0.711. The predicted molar refractivity (Wildman–Crippen MR) is 134 cm³/mol. The molecule has 0 aliphatic heterocycles. The Morgan fingerprint density at radius 2 is 1.25 bits per heavy atom. The van der Waals surface area contributed by atoms with Crippen LogP contribution in [0.4, 0.5) is 11.4 Å². The Balaban J connectivity index is 1.89. The molecular weight excluding hydrogens is 398 g/mol. The highest BCUT2D eigenvalue weighted by molar-refractivity contribution is 5.79. The van der Waals surface area contributed by atoms with Gasteiger partial charge >= 0.3 is 6.01 Å². The average Bonchev–Trinajstić information content (AvgIpc) is 2.78. The molecule has 0 spiro atoms. The number of nitrogens with zero attached hydrogens (tertiary/aromatic N) is 5. The summed E-state index contributed by atoms with van der Waals surface area (Å²) in [6.07, 6.45) is 3.33. The fraction of sp³-hybridized carbons (Fsp3) is 0.423. The molecular formula is C26H35N5O. The maximum atomic E-state index is 5.85. The second-order valence-electron chi connectivity index (χ2n) is 8.91. The first-order valence-corrected chi connectivity index (χ1v) is 11.3. The second-order valence-corrected chi connectivity index (χ2v) is 8.91. The number of anilines is 2. The third-order valence-corrected chi connectivity index (χ3v) is 5.39. The van der Waals surface area contributed by atoms with Crippen LogP contribution in [0, 0.1) is 5.92 Å². The fourth-order valence-electron chi connectivity index (χ4n) is 3.42. The van der Waals surface area contributed by atoms with Crippen LogP contribution in [-0.2, 0) is 0 Å². The lowest BCUT2D eigenvalue weighted by atomic mass is 10.0.